The van der Waals surface area contributed by atoms with E-state index in [1.165, 1.54) is 22.0 Å². The van der Waals surface area contributed by atoms with E-state index in [9.17, 15) is 0 Å². The summed E-state index contributed by atoms with van der Waals surface area (Å²) in [5.74, 6) is 0. The van der Waals surface area contributed by atoms with Gasteiger partial charge < -0.3 is 0 Å². The van der Waals surface area contributed by atoms with Crippen LogP contribution >= 0.6 is 16.3 Å². The summed E-state index contributed by atoms with van der Waals surface area (Å²) in [6, 6.07) is 4.68. The average molecular weight is 419 g/mol. The fraction of sp³-hybridized carbons (Fsp3) is 0.667. The third kappa shape index (κ3) is 3.41. The van der Waals surface area contributed by atoms with Crippen molar-refractivity contribution < 1.29 is 9.26 Å². The molecule has 1 aliphatic heterocycles. The summed E-state index contributed by atoms with van der Waals surface area (Å²) in [5, 5.41) is 1.34. The predicted octanol–water partition coefficient (Wildman–Crippen LogP) is 5.05. The fourth-order valence-electron chi connectivity index (χ4n) is 2.91. The number of methoxy groups -OCH3 is 1. The molecule has 0 saturated heterocycles. The summed E-state index contributed by atoms with van der Waals surface area (Å²) in [6.45, 7) is 15.4. The normalized spacial score (nSPS) is 23.9. The van der Waals surface area contributed by atoms with Crippen LogP contribution in [-0.4, -0.2) is 28.5 Å². The summed E-state index contributed by atoms with van der Waals surface area (Å²) in [4.78, 5) is -1.82. The van der Waals surface area contributed by atoms with E-state index in [0.717, 1.165) is 0 Å². The molecule has 1 unspecified atom stereocenters. The Morgan fingerprint density at radius 3 is 2.17 bits per heavy atom. The third-order valence-electron chi connectivity index (χ3n) is 4.65. The molecule has 5 heteroatoms. The van der Waals surface area contributed by atoms with Gasteiger partial charge in [-0.1, -0.05) is 0 Å². The Kier molecular flexibility index (Phi) is 5.16. The molecule has 0 radical (unpaired) electrons. The first-order chi connectivity index (χ1) is 10.3. The van der Waals surface area contributed by atoms with E-state index in [1.807, 2.05) is 11.4 Å². The molecule has 0 fully saturated rings. The molecule has 2 nitrogen and oxygen atoms in total. The quantitative estimate of drug-likeness (QED) is 0.505. The first kappa shape index (κ1) is 19.8. The maximum atomic E-state index is 6.57. The Hall–Kier alpha value is 0.439. The summed E-state index contributed by atoms with van der Waals surface area (Å²) in [7, 11) is 1.79. The van der Waals surface area contributed by atoms with E-state index in [1.54, 1.807) is 7.11 Å². The van der Waals surface area contributed by atoms with Crippen LogP contribution in [0.4, 0.5) is 0 Å². The molecule has 0 saturated carbocycles. The molecular formula is C18H29O2PSSe. The summed E-state index contributed by atoms with van der Waals surface area (Å²) in [5.41, 5.74) is 3.37. The van der Waals surface area contributed by atoms with Crippen molar-refractivity contribution in [3.8, 4) is 0 Å². The van der Waals surface area contributed by atoms with Gasteiger partial charge in [-0.25, -0.2) is 0 Å². The predicted molar refractivity (Wildman–Crippen MR) is 105 cm³/mol. The fourth-order valence-corrected chi connectivity index (χ4v) is 9.55. The number of hydrogen-bond donors (Lipinski definition) is 0. The van der Waals surface area contributed by atoms with Gasteiger partial charge >= 0.3 is 153 Å². The number of fused-ring (bicyclic) bond motifs is 1. The summed E-state index contributed by atoms with van der Waals surface area (Å²) >= 11 is 5.22. The van der Waals surface area contributed by atoms with Crippen LogP contribution in [0.1, 0.15) is 65.2 Å². The van der Waals surface area contributed by atoms with Gasteiger partial charge in [0.1, 0.15) is 0 Å². The van der Waals surface area contributed by atoms with Crippen LogP contribution < -0.4 is 5.30 Å². The second-order valence-electron chi connectivity index (χ2n) is 8.17. The van der Waals surface area contributed by atoms with E-state index in [0.29, 0.717) is 0 Å². The standard InChI is InChI=1S/C18H29O2PSSe/c1-16(2,3)12-10-13(17(4,5)19-8)15-14(11-12)18(6,7)20-21(15,23)22-9/h10-11H,1-9H3. The molecule has 1 aliphatic rings. The van der Waals surface area contributed by atoms with Crippen LogP contribution in [-0.2, 0) is 25.9 Å². The number of benzene rings is 1. The SMILES string of the molecule is COC(C)(C)c1cc(C(C)(C)C)cc2c1P(=[Se])(SC)OC2(C)C. The zero-order valence-corrected chi connectivity index (χ0v) is 19.2. The molecular weight excluding hydrogens is 390 g/mol. The monoisotopic (exact) mass is 420 g/mol. The van der Waals surface area contributed by atoms with Crippen LogP contribution in [0.5, 0.6) is 0 Å². The van der Waals surface area contributed by atoms with Gasteiger partial charge in [0.2, 0.25) is 0 Å². The van der Waals surface area contributed by atoms with Gasteiger partial charge in [-0.2, -0.15) is 0 Å². The molecule has 0 N–H and O–H groups in total. The molecule has 0 spiro atoms. The second kappa shape index (κ2) is 6.01. The molecule has 0 aliphatic carbocycles. The van der Waals surface area contributed by atoms with Gasteiger partial charge in [0, 0.05) is 0 Å². The molecule has 0 bridgehead atoms. The van der Waals surface area contributed by atoms with Gasteiger partial charge in [0.25, 0.3) is 0 Å². The van der Waals surface area contributed by atoms with Crippen molar-refractivity contribution in [2.24, 2.45) is 0 Å². The zero-order valence-electron chi connectivity index (χ0n) is 15.7. The Balaban J connectivity index is 2.92. The summed E-state index contributed by atoms with van der Waals surface area (Å²) < 4.78 is 12.4. The van der Waals surface area contributed by atoms with Crippen LogP contribution in [0.3, 0.4) is 0 Å². The Bertz CT molecular complexity index is 674. The van der Waals surface area contributed by atoms with Crippen LogP contribution in [0.15, 0.2) is 12.1 Å². The minimum atomic E-state index is -1.82. The average Bonchev–Trinajstić information content (AvgIpc) is 2.64. The van der Waals surface area contributed by atoms with Gasteiger partial charge in [-0.15, -0.1) is 0 Å². The molecule has 1 heterocycles. The van der Waals surface area contributed by atoms with Crippen molar-refractivity contribution >= 4 is 36.7 Å². The van der Waals surface area contributed by atoms with Gasteiger partial charge in [-0.05, 0) is 0 Å². The van der Waals surface area contributed by atoms with Crippen molar-refractivity contribution in [2.45, 2.75) is 65.1 Å². The van der Waals surface area contributed by atoms with Gasteiger partial charge in [0.05, 0.1) is 0 Å². The van der Waals surface area contributed by atoms with E-state index in [2.05, 4.69) is 82.0 Å². The molecule has 23 heavy (non-hydrogen) atoms. The number of rotatable bonds is 3. The second-order valence-corrected chi connectivity index (χ2v) is 17.6. The van der Waals surface area contributed by atoms with E-state index >= 15 is 0 Å². The first-order valence-electron chi connectivity index (χ1n) is 7.90. The topological polar surface area (TPSA) is 18.5 Å². The Morgan fingerprint density at radius 2 is 1.74 bits per heavy atom. The van der Waals surface area contributed by atoms with Crippen molar-refractivity contribution in [1.82, 2.24) is 0 Å². The molecule has 1 aromatic carbocycles. The van der Waals surface area contributed by atoms with Crippen molar-refractivity contribution in [1.29, 1.82) is 0 Å². The van der Waals surface area contributed by atoms with E-state index in [-0.39, 0.29) is 16.6 Å². The number of hydrogen-bond acceptors (Lipinski definition) is 3. The minimum absolute atomic E-state index is 0.0875. The van der Waals surface area contributed by atoms with Crippen molar-refractivity contribution in [3.05, 3.63) is 28.8 Å². The molecule has 130 valence electrons. The van der Waals surface area contributed by atoms with E-state index < -0.39 is 4.94 Å². The van der Waals surface area contributed by atoms with Crippen LogP contribution in [0.2, 0.25) is 0 Å². The zero-order chi connectivity index (χ0) is 17.8. The number of ether oxygens (including phenoxy) is 1. The molecule has 0 aromatic heterocycles. The Labute approximate surface area is 153 Å². The molecule has 1 atom stereocenters. The van der Waals surface area contributed by atoms with Crippen LogP contribution in [0.25, 0.3) is 0 Å². The van der Waals surface area contributed by atoms with Gasteiger partial charge in [-0.3, -0.25) is 0 Å². The van der Waals surface area contributed by atoms with Crippen LogP contribution in [0, 0.1) is 0 Å². The molecule has 1 aromatic rings. The first-order valence-corrected chi connectivity index (χ1v) is 13.7. The van der Waals surface area contributed by atoms with Crippen molar-refractivity contribution in [3.63, 3.8) is 0 Å². The molecule has 0 amide bonds. The van der Waals surface area contributed by atoms with Crippen molar-refractivity contribution in [2.75, 3.05) is 13.4 Å². The maximum absolute atomic E-state index is 6.57. The van der Waals surface area contributed by atoms with Gasteiger partial charge in [0.15, 0.2) is 0 Å². The van der Waals surface area contributed by atoms with E-state index in [4.69, 9.17) is 9.26 Å². The Morgan fingerprint density at radius 1 is 1.17 bits per heavy atom. The summed E-state index contributed by atoms with van der Waals surface area (Å²) in [6.07, 6.45) is 2.14. The third-order valence-corrected chi connectivity index (χ3v) is 13.5. The molecule has 2 rings (SSSR count).